The van der Waals surface area contributed by atoms with Crippen LogP contribution in [0.4, 0.5) is 13.2 Å². The number of hydrogen-bond donors (Lipinski definition) is 1. The molecule has 19 heavy (non-hydrogen) atoms. The first kappa shape index (κ1) is 16.9. The number of hydrogen-bond acceptors (Lipinski definition) is 3. The molecule has 2 nitrogen and oxygen atoms in total. The molecule has 2 N–H and O–H groups in total. The van der Waals surface area contributed by atoms with E-state index in [0.29, 0.717) is 0 Å². The maximum Gasteiger partial charge on any atom is 0.401 e. The molecule has 0 amide bonds. The first-order valence-corrected chi connectivity index (χ1v) is 7.61. The van der Waals surface area contributed by atoms with E-state index in [4.69, 9.17) is 5.73 Å². The fraction of sp³-hybridized carbons (Fsp3) is 0.667. The van der Waals surface area contributed by atoms with E-state index in [1.54, 1.807) is 20.8 Å². The second-order valence-electron chi connectivity index (χ2n) is 4.85. The van der Waals surface area contributed by atoms with Crippen LogP contribution in [0.5, 0.6) is 0 Å². The summed E-state index contributed by atoms with van der Waals surface area (Å²) >= 11 is 4.75. The lowest BCUT2D eigenvalue weighted by Crippen LogP contribution is -2.47. The Hall–Kier alpha value is -0.110. The van der Waals surface area contributed by atoms with Gasteiger partial charge in [0, 0.05) is 26.8 Å². The predicted molar refractivity (Wildman–Crippen MR) is 76.3 cm³/mol. The number of halogens is 4. The molecule has 2 atom stereocenters. The van der Waals surface area contributed by atoms with Crippen molar-refractivity contribution in [1.82, 2.24) is 4.90 Å². The summed E-state index contributed by atoms with van der Waals surface area (Å²) in [6.45, 7) is 4.30. The molecule has 0 aromatic carbocycles. The van der Waals surface area contributed by atoms with E-state index < -0.39 is 18.8 Å². The fourth-order valence-electron chi connectivity index (χ4n) is 2.02. The van der Waals surface area contributed by atoms with Gasteiger partial charge in [-0.3, -0.25) is 4.90 Å². The molecule has 0 fully saturated rings. The van der Waals surface area contributed by atoms with Gasteiger partial charge in [0.2, 0.25) is 0 Å². The van der Waals surface area contributed by atoms with Crippen LogP contribution in [0.25, 0.3) is 0 Å². The summed E-state index contributed by atoms with van der Waals surface area (Å²) in [6, 6.07) is 0.788. The van der Waals surface area contributed by atoms with Crippen molar-refractivity contribution in [1.29, 1.82) is 0 Å². The summed E-state index contributed by atoms with van der Waals surface area (Å²) in [4.78, 5) is 2.25. The number of alkyl halides is 3. The standard InChI is InChI=1S/C12H18BrF3N2S/c1-7(2)18(6-12(14,15)16)11(8(3)17)10-4-9(13)5-19-10/h4-5,7-8,11H,6,17H2,1-3H3. The van der Waals surface area contributed by atoms with E-state index in [9.17, 15) is 13.2 Å². The molecule has 1 rings (SSSR count). The van der Waals surface area contributed by atoms with Gasteiger partial charge in [-0.1, -0.05) is 0 Å². The highest BCUT2D eigenvalue weighted by molar-refractivity contribution is 9.10. The average Bonchev–Trinajstić information content (AvgIpc) is 2.61. The second kappa shape index (κ2) is 6.56. The van der Waals surface area contributed by atoms with Crippen molar-refractivity contribution in [2.45, 2.75) is 45.1 Å². The van der Waals surface area contributed by atoms with Crippen molar-refractivity contribution < 1.29 is 13.2 Å². The van der Waals surface area contributed by atoms with Crippen LogP contribution in [0.15, 0.2) is 15.9 Å². The number of rotatable bonds is 5. The fourth-order valence-corrected chi connectivity index (χ4v) is 3.70. The molecule has 0 aliphatic rings. The van der Waals surface area contributed by atoms with Gasteiger partial charge in [-0.15, -0.1) is 11.3 Å². The highest BCUT2D eigenvalue weighted by Crippen LogP contribution is 2.34. The van der Waals surface area contributed by atoms with E-state index in [1.165, 1.54) is 16.2 Å². The molecule has 0 saturated carbocycles. The molecule has 0 saturated heterocycles. The topological polar surface area (TPSA) is 29.3 Å². The molecule has 0 radical (unpaired) electrons. The second-order valence-corrected chi connectivity index (χ2v) is 6.71. The van der Waals surface area contributed by atoms with E-state index in [-0.39, 0.29) is 12.1 Å². The predicted octanol–water partition coefficient (Wildman–Crippen LogP) is 4.17. The minimum Gasteiger partial charge on any atom is -0.326 e. The Kier molecular flexibility index (Phi) is 5.85. The lowest BCUT2D eigenvalue weighted by Gasteiger charge is -2.37. The van der Waals surface area contributed by atoms with E-state index in [0.717, 1.165) is 9.35 Å². The number of nitrogens with two attached hydrogens (primary N) is 1. The summed E-state index contributed by atoms with van der Waals surface area (Å²) in [5.41, 5.74) is 5.92. The smallest absolute Gasteiger partial charge is 0.326 e. The van der Waals surface area contributed by atoms with Crippen LogP contribution in [0.1, 0.15) is 31.7 Å². The van der Waals surface area contributed by atoms with Gasteiger partial charge in [0.15, 0.2) is 0 Å². The molecule has 2 unspecified atom stereocenters. The molecule has 110 valence electrons. The number of nitrogens with zero attached hydrogens (tertiary/aromatic N) is 1. The van der Waals surface area contributed by atoms with Crippen LogP contribution < -0.4 is 5.73 Å². The van der Waals surface area contributed by atoms with Gasteiger partial charge in [-0.2, -0.15) is 13.2 Å². The van der Waals surface area contributed by atoms with E-state index in [1.807, 2.05) is 11.4 Å². The molecule has 1 aromatic rings. The minimum absolute atomic E-state index is 0.237. The first-order chi connectivity index (χ1) is 8.61. The maximum absolute atomic E-state index is 12.7. The third-order valence-corrected chi connectivity index (χ3v) is 4.52. The quantitative estimate of drug-likeness (QED) is 0.855. The van der Waals surface area contributed by atoms with Crippen LogP contribution in [-0.2, 0) is 0 Å². The SMILES string of the molecule is CC(N)C(c1cc(Br)cs1)N(CC(F)(F)F)C(C)C. The largest absolute Gasteiger partial charge is 0.401 e. The zero-order valence-electron chi connectivity index (χ0n) is 11.0. The third-order valence-electron chi connectivity index (χ3n) is 2.76. The summed E-state index contributed by atoms with van der Waals surface area (Å²) in [5, 5.41) is 1.86. The van der Waals surface area contributed by atoms with Gasteiger partial charge in [-0.25, -0.2) is 0 Å². The Balaban J connectivity index is 3.06. The molecular formula is C12H18BrF3N2S. The molecule has 7 heteroatoms. The van der Waals surface area contributed by atoms with Crippen LogP contribution in [0, 0.1) is 0 Å². The van der Waals surface area contributed by atoms with Crippen LogP contribution in [0.3, 0.4) is 0 Å². The zero-order valence-corrected chi connectivity index (χ0v) is 13.4. The zero-order chi connectivity index (χ0) is 14.8. The minimum atomic E-state index is -4.23. The molecule has 1 heterocycles. The average molecular weight is 359 g/mol. The third kappa shape index (κ3) is 5.06. The van der Waals surface area contributed by atoms with Crippen molar-refractivity contribution in [3.63, 3.8) is 0 Å². The molecule has 1 aromatic heterocycles. The van der Waals surface area contributed by atoms with Gasteiger partial charge in [0.1, 0.15) is 0 Å². The Morgan fingerprint density at radius 1 is 1.37 bits per heavy atom. The lowest BCUT2D eigenvalue weighted by atomic mass is 10.1. The maximum atomic E-state index is 12.7. The molecule has 0 aliphatic heterocycles. The Bertz CT molecular complexity index is 404. The molecule has 0 aliphatic carbocycles. The van der Waals surface area contributed by atoms with Gasteiger partial charge in [0.05, 0.1) is 12.6 Å². The first-order valence-electron chi connectivity index (χ1n) is 5.94. The summed E-state index contributed by atoms with van der Waals surface area (Å²) in [7, 11) is 0. The van der Waals surface area contributed by atoms with Crippen LogP contribution >= 0.6 is 27.3 Å². The van der Waals surface area contributed by atoms with Crippen molar-refractivity contribution in [3.05, 3.63) is 20.8 Å². The Morgan fingerprint density at radius 3 is 2.26 bits per heavy atom. The molecular weight excluding hydrogens is 341 g/mol. The van der Waals surface area contributed by atoms with Crippen molar-refractivity contribution >= 4 is 27.3 Å². The normalized spacial score (nSPS) is 16.1. The van der Waals surface area contributed by atoms with Crippen LogP contribution in [-0.4, -0.2) is 29.7 Å². The van der Waals surface area contributed by atoms with Gasteiger partial charge in [-0.05, 0) is 42.8 Å². The van der Waals surface area contributed by atoms with Gasteiger partial charge < -0.3 is 5.73 Å². The summed E-state index contributed by atoms with van der Waals surface area (Å²) in [6.07, 6.45) is -4.23. The lowest BCUT2D eigenvalue weighted by molar-refractivity contribution is -0.156. The van der Waals surface area contributed by atoms with Crippen LogP contribution in [0.2, 0.25) is 0 Å². The van der Waals surface area contributed by atoms with E-state index >= 15 is 0 Å². The summed E-state index contributed by atoms with van der Waals surface area (Å²) in [5.74, 6) is 0. The monoisotopic (exact) mass is 358 g/mol. The Morgan fingerprint density at radius 2 is 1.95 bits per heavy atom. The highest BCUT2D eigenvalue weighted by Gasteiger charge is 2.37. The summed E-state index contributed by atoms with van der Waals surface area (Å²) < 4.78 is 39.0. The molecule has 0 bridgehead atoms. The van der Waals surface area contributed by atoms with Gasteiger partial charge in [0.25, 0.3) is 0 Å². The Labute approximate surface area is 123 Å². The molecule has 0 spiro atoms. The number of thiophene rings is 1. The van der Waals surface area contributed by atoms with Crippen molar-refractivity contribution in [2.24, 2.45) is 5.73 Å². The van der Waals surface area contributed by atoms with Crippen molar-refractivity contribution in [3.8, 4) is 0 Å². The van der Waals surface area contributed by atoms with Crippen molar-refractivity contribution in [2.75, 3.05) is 6.54 Å². The van der Waals surface area contributed by atoms with Gasteiger partial charge >= 0.3 is 6.18 Å². The highest BCUT2D eigenvalue weighted by atomic mass is 79.9. The van der Waals surface area contributed by atoms with E-state index in [2.05, 4.69) is 15.9 Å².